The average Bonchev–Trinajstić information content (AvgIpc) is 3.19. The minimum atomic E-state index is -1.13. The third-order valence-corrected chi connectivity index (χ3v) is 11.6. The van der Waals surface area contributed by atoms with Crippen LogP contribution in [0.5, 0.6) is 0 Å². The van der Waals surface area contributed by atoms with Crippen LogP contribution in [0.3, 0.4) is 0 Å². The van der Waals surface area contributed by atoms with Crippen molar-refractivity contribution in [2.75, 3.05) is 6.61 Å². The van der Waals surface area contributed by atoms with Gasteiger partial charge in [-0.2, -0.15) is 0 Å². The van der Waals surface area contributed by atoms with Crippen LogP contribution in [0, 0.1) is 0 Å². The number of hydrogen-bond acceptors (Lipinski definition) is 4. The fourth-order valence-corrected chi connectivity index (χ4v) is 7.72. The molecule has 0 rings (SSSR count). The molecule has 0 aliphatic rings. The first kappa shape index (κ1) is 53.8. The molecule has 0 spiro atoms. The number of aliphatic hydroxyl groups excluding tert-OH is 3. The van der Waals surface area contributed by atoms with Gasteiger partial charge in [0, 0.05) is 6.42 Å². The molecular formula is C50H97NO4. The zero-order chi connectivity index (χ0) is 40.1. The van der Waals surface area contributed by atoms with E-state index in [4.69, 9.17) is 0 Å². The van der Waals surface area contributed by atoms with Crippen molar-refractivity contribution in [3.05, 3.63) is 24.3 Å². The molecule has 326 valence electrons. The zero-order valence-electron chi connectivity index (χ0n) is 37.1. The molecule has 0 aliphatic heterocycles. The van der Waals surface area contributed by atoms with E-state index >= 15 is 0 Å². The van der Waals surface area contributed by atoms with Crippen LogP contribution in [0.15, 0.2) is 24.3 Å². The van der Waals surface area contributed by atoms with E-state index in [1.807, 2.05) is 0 Å². The average molecular weight is 776 g/mol. The summed E-state index contributed by atoms with van der Waals surface area (Å²) >= 11 is 0. The van der Waals surface area contributed by atoms with Crippen LogP contribution in [-0.4, -0.2) is 46.1 Å². The SMILES string of the molecule is CCCCCCCCCCC/C=C\C/C=C\CCCCCCCCCCCCCCCC(=O)NC(CO)C(O)C(O)CCCCCCCCCCCCCC. The van der Waals surface area contributed by atoms with Crippen LogP contribution in [-0.2, 0) is 4.79 Å². The molecule has 0 aromatic carbocycles. The Morgan fingerprint density at radius 3 is 1.15 bits per heavy atom. The van der Waals surface area contributed by atoms with E-state index < -0.39 is 18.2 Å². The van der Waals surface area contributed by atoms with Crippen molar-refractivity contribution in [3.8, 4) is 0 Å². The van der Waals surface area contributed by atoms with Gasteiger partial charge in [-0.25, -0.2) is 0 Å². The van der Waals surface area contributed by atoms with Crippen molar-refractivity contribution in [1.82, 2.24) is 5.32 Å². The zero-order valence-corrected chi connectivity index (χ0v) is 37.1. The second-order valence-corrected chi connectivity index (χ2v) is 17.0. The van der Waals surface area contributed by atoms with Crippen molar-refractivity contribution < 1.29 is 20.1 Å². The molecule has 55 heavy (non-hydrogen) atoms. The Balaban J connectivity index is 3.53. The largest absolute Gasteiger partial charge is 0.394 e. The lowest BCUT2D eigenvalue weighted by Gasteiger charge is -2.26. The Bertz CT molecular complexity index is 814. The smallest absolute Gasteiger partial charge is 0.220 e. The van der Waals surface area contributed by atoms with E-state index in [-0.39, 0.29) is 12.5 Å². The van der Waals surface area contributed by atoms with Crippen molar-refractivity contribution in [3.63, 3.8) is 0 Å². The van der Waals surface area contributed by atoms with Crippen molar-refractivity contribution >= 4 is 5.91 Å². The lowest BCUT2D eigenvalue weighted by molar-refractivity contribution is -0.124. The molecule has 4 N–H and O–H groups in total. The first-order valence-electron chi connectivity index (χ1n) is 24.6. The predicted molar refractivity (Wildman–Crippen MR) is 241 cm³/mol. The summed E-state index contributed by atoms with van der Waals surface area (Å²) in [4.78, 5) is 12.4. The summed E-state index contributed by atoms with van der Waals surface area (Å²) in [5.41, 5.74) is 0. The van der Waals surface area contributed by atoms with Gasteiger partial charge < -0.3 is 20.6 Å². The topological polar surface area (TPSA) is 89.8 Å². The number of unbranched alkanes of at least 4 members (excludes halogenated alkanes) is 33. The summed E-state index contributed by atoms with van der Waals surface area (Å²) in [6.07, 6.45) is 55.9. The predicted octanol–water partition coefficient (Wildman–Crippen LogP) is 14.6. The number of carbonyl (C=O) groups excluding carboxylic acids is 1. The third kappa shape index (κ3) is 40.8. The maximum atomic E-state index is 12.4. The van der Waals surface area contributed by atoms with Gasteiger partial charge in [-0.15, -0.1) is 0 Å². The molecule has 5 heteroatoms. The Morgan fingerprint density at radius 2 is 0.782 bits per heavy atom. The highest BCUT2D eigenvalue weighted by atomic mass is 16.3. The monoisotopic (exact) mass is 776 g/mol. The summed E-state index contributed by atoms with van der Waals surface area (Å²) < 4.78 is 0. The van der Waals surface area contributed by atoms with E-state index in [9.17, 15) is 20.1 Å². The Morgan fingerprint density at radius 1 is 0.455 bits per heavy atom. The molecule has 0 radical (unpaired) electrons. The standard InChI is InChI=1S/C50H97NO4/c1-3-5-7-9-11-13-15-17-18-19-20-21-22-23-24-25-26-27-28-29-30-31-32-33-35-37-39-41-43-45-49(54)51-47(46-52)50(55)48(53)44-42-40-38-36-34-16-14-12-10-8-6-4-2/h20-21,23-24,47-48,50,52-53,55H,3-19,22,25-46H2,1-2H3,(H,51,54)/b21-20-,24-23-. The first-order chi connectivity index (χ1) is 27.1. The van der Waals surface area contributed by atoms with E-state index in [0.717, 1.165) is 44.9 Å². The van der Waals surface area contributed by atoms with Gasteiger partial charge in [-0.05, 0) is 44.9 Å². The summed E-state index contributed by atoms with van der Waals surface area (Å²) in [5, 5.41) is 33.5. The first-order valence-corrected chi connectivity index (χ1v) is 24.6. The number of carbonyl (C=O) groups is 1. The summed E-state index contributed by atoms with van der Waals surface area (Å²) in [7, 11) is 0. The van der Waals surface area contributed by atoms with Crippen LogP contribution in [0.1, 0.15) is 264 Å². The number of nitrogens with one attached hydrogen (secondary N) is 1. The van der Waals surface area contributed by atoms with E-state index in [1.165, 1.54) is 193 Å². The van der Waals surface area contributed by atoms with Crippen molar-refractivity contribution in [2.24, 2.45) is 0 Å². The lowest BCUT2D eigenvalue weighted by Crippen LogP contribution is -2.50. The van der Waals surface area contributed by atoms with E-state index in [2.05, 4.69) is 43.5 Å². The van der Waals surface area contributed by atoms with E-state index in [0.29, 0.717) is 12.8 Å². The molecule has 3 atom stereocenters. The molecule has 0 saturated heterocycles. The van der Waals surface area contributed by atoms with Crippen molar-refractivity contribution in [2.45, 2.75) is 283 Å². The highest BCUT2D eigenvalue weighted by molar-refractivity contribution is 5.76. The second-order valence-electron chi connectivity index (χ2n) is 17.0. The minimum absolute atomic E-state index is 0.144. The van der Waals surface area contributed by atoms with Gasteiger partial charge >= 0.3 is 0 Å². The maximum absolute atomic E-state index is 12.4. The third-order valence-electron chi connectivity index (χ3n) is 11.6. The normalized spacial score (nSPS) is 13.6. The van der Waals surface area contributed by atoms with Gasteiger partial charge in [0.05, 0.1) is 18.8 Å². The summed E-state index contributed by atoms with van der Waals surface area (Å²) in [5.74, 6) is -0.144. The van der Waals surface area contributed by atoms with Crippen molar-refractivity contribution in [1.29, 1.82) is 0 Å². The van der Waals surface area contributed by atoms with Crippen LogP contribution in [0.2, 0.25) is 0 Å². The molecule has 0 aromatic heterocycles. The molecular weight excluding hydrogens is 679 g/mol. The number of amides is 1. The van der Waals surface area contributed by atoms with Gasteiger partial charge in [-0.3, -0.25) is 4.79 Å². The van der Waals surface area contributed by atoms with Crippen LogP contribution in [0.4, 0.5) is 0 Å². The molecule has 1 amide bonds. The fraction of sp³-hybridized carbons (Fsp3) is 0.900. The number of aliphatic hydroxyl groups is 3. The molecule has 0 saturated carbocycles. The van der Waals surface area contributed by atoms with Gasteiger partial charge in [0.1, 0.15) is 6.10 Å². The summed E-state index contributed by atoms with van der Waals surface area (Å²) in [6, 6.07) is -0.807. The van der Waals surface area contributed by atoms with E-state index in [1.54, 1.807) is 0 Å². The van der Waals surface area contributed by atoms with Crippen LogP contribution >= 0.6 is 0 Å². The highest BCUT2D eigenvalue weighted by Gasteiger charge is 2.26. The number of rotatable bonds is 45. The number of hydrogen-bond donors (Lipinski definition) is 4. The molecule has 0 aromatic rings. The highest BCUT2D eigenvalue weighted by Crippen LogP contribution is 2.17. The quantitative estimate of drug-likeness (QED) is 0.0366. The molecule has 0 fully saturated rings. The second kappa shape index (κ2) is 45.5. The molecule has 5 nitrogen and oxygen atoms in total. The van der Waals surface area contributed by atoms with Gasteiger partial charge in [0.25, 0.3) is 0 Å². The van der Waals surface area contributed by atoms with Crippen LogP contribution in [0.25, 0.3) is 0 Å². The fourth-order valence-electron chi connectivity index (χ4n) is 7.72. The molecule has 3 unspecified atom stereocenters. The minimum Gasteiger partial charge on any atom is -0.394 e. The van der Waals surface area contributed by atoms with Crippen LogP contribution < -0.4 is 5.32 Å². The Labute approximate surface area is 343 Å². The Hall–Kier alpha value is -1.17. The lowest BCUT2D eigenvalue weighted by atomic mass is 9.99. The molecule has 0 aliphatic carbocycles. The molecule has 0 bridgehead atoms. The van der Waals surface area contributed by atoms with Gasteiger partial charge in [-0.1, -0.05) is 237 Å². The van der Waals surface area contributed by atoms with Gasteiger partial charge in [0.2, 0.25) is 5.91 Å². The molecule has 0 heterocycles. The number of allylic oxidation sites excluding steroid dienone is 4. The Kier molecular flexibility index (Phi) is 44.6. The summed E-state index contributed by atoms with van der Waals surface area (Å²) in [6.45, 7) is 4.18. The van der Waals surface area contributed by atoms with Gasteiger partial charge in [0.15, 0.2) is 0 Å². The maximum Gasteiger partial charge on any atom is 0.220 e.